The third-order valence-corrected chi connectivity index (χ3v) is 2.53. The molecule has 0 unspecified atom stereocenters. The predicted octanol–water partition coefficient (Wildman–Crippen LogP) is 3.42. The molecule has 0 bridgehead atoms. The maximum Gasteiger partial charge on any atom is 0.573 e. The summed E-state index contributed by atoms with van der Waals surface area (Å²) in [7, 11) is 0. The van der Waals surface area contributed by atoms with Crippen LogP contribution < -0.4 is 15.8 Å². The highest BCUT2D eigenvalue weighted by molar-refractivity contribution is 6.07. The molecule has 7 heteroatoms. The molecule has 0 heterocycles. The van der Waals surface area contributed by atoms with E-state index in [9.17, 15) is 18.0 Å². The van der Waals surface area contributed by atoms with E-state index in [2.05, 4.69) is 10.1 Å². The van der Waals surface area contributed by atoms with Gasteiger partial charge in [0.15, 0.2) is 0 Å². The monoisotopic (exact) mass is 296 g/mol. The van der Waals surface area contributed by atoms with Gasteiger partial charge in [0.05, 0.1) is 5.56 Å². The average molecular weight is 296 g/mol. The first-order valence-corrected chi connectivity index (χ1v) is 5.87. The summed E-state index contributed by atoms with van der Waals surface area (Å²) in [6.07, 6.45) is -4.79. The molecule has 4 nitrogen and oxygen atoms in total. The summed E-state index contributed by atoms with van der Waals surface area (Å²) in [4.78, 5) is 12.0. The summed E-state index contributed by atoms with van der Waals surface area (Å²) >= 11 is 0. The number of anilines is 2. The van der Waals surface area contributed by atoms with Crippen molar-refractivity contribution in [2.75, 3.05) is 11.1 Å². The van der Waals surface area contributed by atoms with Gasteiger partial charge in [0.1, 0.15) is 5.75 Å². The van der Waals surface area contributed by atoms with E-state index in [0.717, 1.165) is 12.1 Å². The molecule has 2 aromatic rings. The van der Waals surface area contributed by atoms with Crippen LogP contribution in [0.3, 0.4) is 0 Å². The molecule has 2 rings (SSSR count). The number of ether oxygens (including phenoxy) is 1. The largest absolute Gasteiger partial charge is 0.573 e. The highest BCUT2D eigenvalue weighted by atomic mass is 19.4. The highest BCUT2D eigenvalue weighted by Gasteiger charge is 2.31. The lowest BCUT2D eigenvalue weighted by Gasteiger charge is -2.11. The lowest BCUT2D eigenvalue weighted by molar-refractivity contribution is -0.274. The minimum absolute atomic E-state index is 0.171. The van der Waals surface area contributed by atoms with Gasteiger partial charge < -0.3 is 15.8 Å². The number of hydrogen-bond donors (Lipinski definition) is 2. The number of rotatable bonds is 3. The fourth-order valence-electron chi connectivity index (χ4n) is 1.67. The Kier molecular flexibility index (Phi) is 4.02. The molecule has 0 aliphatic carbocycles. The highest BCUT2D eigenvalue weighted by Crippen LogP contribution is 2.25. The lowest BCUT2D eigenvalue weighted by atomic mass is 10.1. The van der Waals surface area contributed by atoms with Gasteiger partial charge in [-0.3, -0.25) is 4.79 Å². The topological polar surface area (TPSA) is 64.4 Å². The summed E-state index contributed by atoms with van der Waals surface area (Å²) in [5.74, 6) is -0.932. The Morgan fingerprint density at radius 2 is 1.81 bits per heavy atom. The van der Waals surface area contributed by atoms with Gasteiger partial charge in [-0.1, -0.05) is 18.2 Å². The van der Waals surface area contributed by atoms with Gasteiger partial charge in [0.2, 0.25) is 0 Å². The van der Waals surface area contributed by atoms with E-state index >= 15 is 0 Å². The number of benzene rings is 2. The van der Waals surface area contributed by atoms with Crippen molar-refractivity contribution in [3.8, 4) is 5.75 Å². The third-order valence-electron chi connectivity index (χ3n) is 2.53. The average Bonchev–Trinajstić information content (AvgIpc) is 2.37. The molecule has 1 amide bonds. The minimum atomic E-state index is -4.79. The Bertz CT molecular complexity index is 657. The van der Waals surface area contributed by atoms with Gasteiger partial charge in [-0.05, 0) is 24.3 Å². The number of carbonyl (C=O) groups is 1. The van der Waals surface area contributed by atoms with Crippen molar-refractivity contribution in [1.29, 1.82) is 0 Å². The quantitative estimate of drug-likeness (QED) is 0.853. The molecule has 0 radical (unpaired) electrons. The van der Waals surface area contributed by atoms with Crippen LogP contribution in [0.5, 0.6) is 5.75 Å². The van der Waals surface area contributed by atoms with Gasteiger partial charge in [-0.25, -0.2) is 0 Å². The number of amides is 1. The second kappa shape index (κ2) is 5.74. The molecule has 110 valence electrons. The van der Waals surface area contributed by atoms with Crippen LogP contribution in [-0.2, 0) is 0 Å². The minimum Gasteiger partial charge on any atom is -0.406 e. The van der Waals surface area contributed by atoms with Gasteiger partial charge >= 0.3 is 6.36 Å². The first kappa shape index (κ1) is 14.7. The molecular formula is C14H11F3N2O2. The fraction of sp³-hybridized carbons (Fsp3) is 0.0714. The molecule has 0 saturated carbocycles. The lowest BCUT2D eigenvalue weighted by Crippen LogP contribution is -2.17. The summed E-state index contributed by atoms with van der Waals surface area (Å²) in [6.45, 7) is 0. The van der Waals surface area contributed by atoms with Crippen LogP contribution in [0.1, 0.15) is 10.4 Å². The van der Waals surface area contributed by atoms with Crippen molar-refractivity contribution < 1.29 is 22.7 Å². The molecule has 0 saturated heterocycles. The number of nitrogens with one attached hydrogen (secondary N) is 1. The molecule has 0 fully saturated rings. The number of nitrogens with two attached hydrogens (primary N) is 1. The van der Waals surface area contributed by atoms with Gasteiger partial charge in [0, 0.05) is 17.4 Å². The standard InChI is InChI=1S/C14H11F3N2O2/c15-14(16,17)21-10-5-3-4-9(8-10)19-13(20)11-6-1-2-7-12(11)18/h1-8H,18H2,(H,19,20). The summed E-state index contributed by atoms with van der Waals surface area (Å²) in [5, 5.41) is 2.46. The van der Waals surface area contributed by atoms with E-state index in [1.165, 1.54) is 18.2 Å². The van der Waals surface area contributed by atoms with Crippen molar-refractivity contribution in [1.82, 2.24) is 0 Å². The summed E-state index contributed by atoms with van der Waals surface area (Å²) < 4.78 is 40.2. The predicted molar refractivity (Wildman–Crippen MR) is 71.9 cm³/mol. The molecule has 0 aromatic heterocycles. The summed E-state index contributed by atoms with van der Waals surface area (Å²) in [5.41, 5.74) is 6.34. The van der Waals surface area contributed by atoms with E-state index < -0.39 is 18.0 Å². The van der Waals surface area contributed by atoms with Crippen LogP contribution in [0, 0.1) is 0 Å². The molecule has 21 heavy (non-hydrogen) atoms. The smallest absolute Gasteiger partial charge is 0.406 e. The zero-order valence-corrected chi connectivity index (χ0v) is 10.6. The maximum absolute atomic E-state index is 12.1. The van der Waals surface area contributed by atoms with Crippen LogP contribution in [0.25, 0.3) is 0 Å². The van der Waals surface area contributed by atoms with Crippen LogP contribution >= 0.6 is 0 Å². The number of para-hydroxylation sites is 1. The van der Waals surface area contributed by atoms with E-state index in [4.69, 9.17) is 5.73 Å². The van der Waals surface area contributed by atoms with Gasteiger partial charge in [0.25, 0.3) is 5.91 Å². The number of carbonyl (C=O) groups excluding carboxylic acids is 1. The molecule has 0 spiro atoms. The van der Waals surface area contributed by atoms with E-state index in [1.54, 1.807) is 18.2 Å². The van der Waals surface area contributed by atoms with Crippen LogP contribution in [-0.4, -0.2) is 12.3 Å². The van der Waals surface area contributed by atoms with Gasteiger partial charge in [-0.15, -0.1) is 13.2 Å². The van der Waals surface area contributed by atoms with Crippen molar-refractivity contribution in [2.24, 2.45) is 0 Å². The van der Waals surface area contributed by atoms with Crippen LogP contribution in [0.15, 0.2) is 48.5 Å². The Morgan fingerprint density at radius 1 is 1.10 bits per heavy atom. The van der Waals surface area contributed by atoms with Crippen molar-refractivity contribution in [3.63, 3.8) is 0 Å². The van der Waals surface area contributed by atoms with Crippen molar-refractivity contribution in [3.05, 3.63) is 54.1 Å². The zero-order chi connectivity index (χ0) is 15.5. The first-order chi connectivity index (χ1) is 9.85. The second-order valence-electron chi connectivity index (χ2n) is 4.12. The Labute approximate surface area is 118 Å². The van der Waals surface area contributed by atoms with Crippen molar-refractivity contribution >= 4 is 17.3 Å². The zero-order valence-electron chi connectivity index (χ0n) is 10.6. The second-order valence-corrected chi connectivity index (χ2v) is 4.12. The third kappa shape index (κ3) is 4.13. The van der Waals surface area contributed by atoms with Crippen molar-refractivity contribution in [2.45, 2.75) is 6.36 Å². The molecule has 2 aromatic carbocycles. The normalized spacial score (nSPS) is 11.0. The molecule has 0 aliphatic heterocycles. The Morgan fingerprint density at radius 3 is 2.48 bits per heavy atom. The molecule has 0 atom stereocenters. The number of hydrogen-bond acceptors (Lipinski definition) is 3. The first-order valence-electron chi connectivity index (χ1n) is 5.87. The summed E-state index contributed by atoms with van der Waals surface area (Å²) in [6, 6.07) is 11.4. The van der Waals surface area contributed by atoms with E-state index in [-0.39, 0.29) is 16.9 Å². The molecular weight excluding hydrogens is 285 g/mol. The van der Waals surface area contributed by atoms with E-state index in [0.29, 0.717) is 0 Å². The maximum atomic E-state index is 12.1. The molecule has 0 aliphatic rings. The SMILES string of the molecule is Nc1ccccc1C(=O)Nc1cccc(OC(F)(F)F)c1. The Hall–Kier alpha value is -2.70. The van der Waals surface area contributed by atoms with Crippen LogP contribution in [0.4, 0.5) is 24.5 Å². The number of alkyl halides is 3. The number of halogens is 3. The van der Waals surface area contributed by atoms with Gasteiger partial charge in [-0.2, -0.15) is 0 Å². The Balaban J connectivity index is 2.15. The van der Waals surface area contributed by atoms with Crippen LogP contribution in [0.2, 0.25) is 0 Å². The van der Waals surface area contributed by atoms with E-state index in [1.807, 2.05) is 0 Å². The molecule has 3 N–H and O–H groups in total. The fourth-order valence-corrected chi connectivity index (χ4v) is 1.67. The number of nitrogen functional groups attached to an aromatic ring is 1.